The van der Waals surface area contributed by atoms with E-state index in [4.69, 9.17) is 5.73 Å². The van der Waals surface area contributed by atoms with Gasteiger partial charge in [0.1, 0.15) is 0 Å². The molecule has 0 bridgehead atoms. The first-order chi connectivity index (χ1) is 10.9. The molecule has 2 N–H and O–H groups in total. The van der Waals surface area contributed by atoms with Gasteiger partial charge in [0, 0.05) is 25.3 Å². The predicted octanol–water partition coefficient (Wildman–Crippen LogP) is 2.38. The van der Waals surface area contributed by atoms with Crippen molar-refractivity contribution in [3.05, 3.63) is 47.8 Å². The number of nitrogens with zero attached hydrogens (tertiary/aromatic N) is 3. The number of hydrogen-bond acceptors (Lipinski definition) is 3. The Balaban J connectivity index is 1.85. The van der Waals surface area contributed by atoms with E-state index in [-0.39, 0.29) is 17.4 Å². The van der Waals surface area contributed by atoms with Crippen LogP contribution in [0.5, 0.6) is 0 Å². The Morgan fingerprint density at radius 3 is 2.65 bits per heavy atom. The molecule has 3 rings (SSSR count). The Labute approximate surface area is 137 Å². The Hall–Kier alpha value is -2.14. The monoisotopic (exact) mass is 312 g/mol. The third-order valence-electron chi connectivity index (χ3n) is 4.75. The number of amides is 1. The van der Waals surface area contributed by atoms with Crippen LogP contribution in [-0.4, -0.2) is 39.7 Å². The highest BCUT2D eigenvalue weighted by atomic mass is 16.2. The van der Waals surface area contributed by atoms with Crippen molar-refractivity contribution < 1.29 is 4.79 Å². The van der Waals surface area contributed by atoms with Gasteiger partial charge < -0.3 is 10.6 Å². The largest absolute Gasteiger partial charge is 0.338 e. The summed E-state index contributed by atoms with van der Waals surface area (Å²) in [5.74, 6) is 0.0460. The van der Waals surface area contributed by atoms with E-state index in [1.165, 1.54) is 0 Å². The number of aryl methyl sites for hydroxylation is 1. The van der Waals surface area contributed by atoms with Crippen LogP contribution in [0.15, 0.2) is 36.5 Å². The normalized spacial score (nSPS) is 20.5. The van der Waals surface area contributed by atoms with E-state index in [0.717, 1.165) is 17.8 Å². The number of rotatable bonds is 2. The summed E-state index contributed by atoms with van der Waals surface area (Å²) >= 11 is 0. The molecule has 2 heterocycles. The third kappa shape index (κ3) is 3.01. The lowest BCUT2D eigenvalue weighted by atomic mass is 9.79. The van der Waals surface area contributed by atoms with Gasteiger partial charge in [-0.2, -0.15) is 5.10 Å². The van der Waals surface area contributed by atoms with Crippen LogP contribution in [0.2, 0.25) is 0 Å². The second-order valence-corrected chi connectivity index (χ2v) is 7.02. The van der Waals surface area contributed by atoms with Gasteiger partial charge in [-0.3, -0.25) is 4.79 Å². The standard InChI is InChI=1S/C18H24N4O/c1-13-15(11-22(20-13)14-7-5-4-6-8-14)17(23)21-10-9-16(19)18(2,3)12-21/h4-8,11,16H,9-10,12,19H2,1-3H3. The van der Waals surface area contributed by atoms with Crippen molar-refractivity contribution in [1.29, 1.82) is 0 Å². The summed E-state index contributed by atoms with van der Waals surface area (Å²) in [6, 6.07) is 9.98. The molecule has 0 aliphatic carbocycles. The summed E-state index contributed by atoms with van der Waals surface area (Å²) in [6.45, 7) is 7.52. The number of carbonyl (C=O) groups excluding carboxylic acids is 1. The fourth-order valence-corrected chi connectivity index (χ4v) is 3.10. The number of benzene rings is 1. The first kappa shape index (κ1) is 15.7. The van der Waals surface area contributed by atoms with E-state index in [1.54, 1.807) is 4.68 Å². The fourth-order valence-electron chi connectivity index (χ4n) is 3.10. The average molecular weight is 312 g/mol. The maximum absolute atomic E-state index is 12.9. The van der Waals surface area contributed by atoms with Crippen LogP contribution in [0.4, 0.5) is 0 Å². The number of aromatic nitrogens is 2. The van der Waals surface area contributed by atoms with Crippen molar-refractivity contribution in [2.75, 3.05) is 13.1 Å². The first-order valence-corrected chi connectivity index (χ1v) is 8.05. The quantitative estimate of drug-likeness (QED) is 0.926. The molecule has 1 saturated heterocycles. The SMILES string of the molecule is Cc1nn(-c2ccccc2)cc1C(=O)N1CCC(N)C(C)(C)C1. The molecule has 1 aromatic carbocycles. The van der Waals surface area contributed by atoms with Gasteiger partial charge in [0.15, 0.2) is 0 Å². The van der Waals surface area contributed by atoms with E-state index in [1.807, 2.05) is 48.4 Å². The van der Waals surface area contributed by atoms with Crippen LogP contribution >= 0.6 is 0 Å². The van der Waals surface area contributed by atoms with Crippen molar-refractivity contribution in [3.8, 4) is 5.69 Å². The number of nitrogens with two attached hydrogens (primary N) is 1. The molecule has 5 nitrogen and oxygen atoms in total. The van der Waals surface area contributed by atoms with Crippen LogP contribution in [-0.2, 0) is 0 Å². The van der Waals surface area contributed by atoms with Crippen LogP contribution in [0.25, 0.3) is 5.69 Å². The minimum Gasteiger partial charge on any atom is -0.338 e. The van der Waals surface area contributed by atoms with Gasteiger partial charge in [-0.15, -0.1) is 0 Å². The third-order valence-corrected chi connectivity index (χ3v) is 4.75. The molecule has 1 unspecified atom stereocenters. The van der Waals surface area contributed by atoms with Crippen molar-refractivity contribution in [2.24, 2.45) is 11.1 Å². The highest BCUT2D eigenvalue weighted by Crippen LogP contribution is 2.29. The van der Waals surface area contributed by atoms with Gasteiger partial charge in [-0.1, -0.05) is 32.0 Å². The second kappa shape index (κ2) is 5.81. The summed E-state index contributed by atoms with van der Waals surface area (Å²) in [7, 11) is 0. The summed E-state index contributed by atoms with van der Waals surface area (Å²) in [4.78, 5) is 14.8. The second-order valence-electron chi connectivity index (χ2n) is 7.02. The number of carbonyl (C=O) groups is 1. The number of para-hydroxylation sites is 1. The zero-order chi connectivity index (χ0) is 16.6. The fraction of sp³-hybridized carbons (Fsp3) is 0.444. The highest BCUT2D eigenvalue weighted by molar-refractivity contribution is 5.95. The molecule has 1 aromatic heterocycles. The van der Waals surface area contributed by atoms with Gasteiger partial charge in [0.05, 0.1) is 16.9 Å². The molecule has 0 saturated carbocycles. The zero-order valence-corrected chi connectivity index (χ0v) is 14.0. The van der Waals surface area contributed by atoms with Crippen molar-refractivity contribution in [2.45, 2.75) is 33.2 Å². The van der Waals surface area contributed by atoms with E-state index >= 15 is 0 Å². The van der Waals surface area contributed by atoms with Crippen LogP contribution in [0, 0.1) is 12.3 Å². The Morgan fingerprint density at radius 1 is 1.30 bits per heavy atom. The Kier molecular flexibility index (Phi) is 3.98. The lowest BCUT2D eigenvalue weighted by molar-refractivity contribution is 0.0532. The minimum atomic E-state index is -0.0583. The van der Waals surface area contributed by atoms with Crippen LogP contribution in [0.3, 0.4) is 0 Å². The summed E-state index contributed by atoms with van der Waals surface area (Å²) < 4.78 is 1.77. The minimum absolute atomic E-state index is 0.0460. The van der Waals surface area contributed by atoms with Crippen LogP contribution < -0.4 is 5.73 Å². The molecular formula is C18H24N4O. The zero-order valence-electron chi connectivity index (χ0n) is 14.0. The predicted molar refractivity (Wildman–Crippen MR) is 90.6 cm³/mol. The molecule has 1 atom stereocenters. The van der Waals surface area contributed by atoms with Crippen LogP contribution in [0.1, 0.15) is 36.3 Å². The van der Waals surface area contributed by atoms with Gasteiger partial charge in [-0.05, 0) is 30.9 Å². The Bertz CT molecular complexity index is 705. The lowest BCUT2D eigenvalue weighted by Crippen LogP contribution is -2.54. The number of likely N-dealkylation sites (tertiary alicyclic amines) is 1. The first-order valence-electron chi connectivity index (χ1n) is 8.05. The van der Waals surface area contributed by atoms with Gasteiger partial charge in [0.2, 0.25) is 0 Å². The van der Waals surface area contributed by atoms with Crippen molar-refractivity contribution in [3.63, 3.8) is 0 Å². The van der Waals surface area contributed by atoms with Gasteiger partial charge in [-0.25, -0.2) is 4.68 Å². The maximum Gasteiger partial charge on any atom is 0.257 e. The van der Waals surface area contributed by atoms with E-state index < -0.39 is 0 Å². The Morgan fingerprint density at radius 2 is 2.00 bits per heavy atom. The molecule has 2 aromatic rings. The molecule has 1 amide bonds. The smallest absolute Gasteiger partial charge is 0.257 e. The molecular weight excluding hydrogens is 288 g/mol. The lowest BCUT2D eigenvalue weighted by Gasteiger charge is -2.42. The van der Waals surface area contributed by atoms with Crippen molar-refractivity contribution >= 4 is 5.91 Å². The molecule has 122 valence electrons. The highest BCUT2D eigenvalue weighted by Gasteiger charge is 2.36. The average Bonchev–Trinajstić information content (AvgIpc) is 2.92. The molecule has 23 heavy (non-hydrogen) atoms. The van der Waals surface area contributed by atoms with Gasteiger partial charge >= 0.3 is 0 Å². The molecule has 5 heteroatoms. The molecule has 0 radical (unpaired) electrons. The van der Waals surface area contributed by atoms with Gasteiger partial charge in [0.25, 0.3) is 5.91 Å². The maximum atomic E-state index is 12.9. The molecule has 0 spiro atoms. The topological polar surface area (TPSA) is 64.2 Å². The summed E-state index contributed by atoms with van der Waals surface area (Å²) in [5, 5.41) is 4.49. The van der Waals surface area contributed by atoms with E-state index in [2.05, 4.69) is 18.9 Å². The summed E-state index contributed by atoms with van der Waals surface area (Å²) in [6.07, 6.45) is 2.67. The summed E-state index contributed by atoms with van der Waals surface area (Å²) in [5.41, 5.74) is 8.49. The number of piperidine rings is 1. The van der Waals surface area contributed by atoms with E-state index in [0.29, 0.717) is 18.7 Å². The molecule has 1 aliphatic heterocycles. The van der Waals surface area contributed by atoms with Crippen molar-refractivity contribution in [1.82, 2.24) is 14.7 Å². The molecule has 1 aliphatic rings. The van der Waals surface area contributed by atoms with E-state index in [9.17, 15) is 4.79 Å². The number of hydrogen-bond donors (Lipinski definition) is 1. The molecule has 1 fully saturated rings.